The second-order valence-corrected chi connectivity index (χ2v) is 5.23. The second kappa shape index (κ2) is 4.49. The highest BCUT2D eigenvalue weighted by molar-refractivity contribution is 5.85. The maximum Gasteiger partial charge on any atom is 0.242 e. The van der Waals surface area contributed by atoms with E-state index in [0.717, 1.165) is 19.5 Å². The van der Waals surface area contributed by atoms with Crippen molar-refractivity contribution in [3.05, 3.63) is 0 Å². The molecule has 1 saturated heterocycles. The van der Waals surface area contributed by atoms with E-state index in [1.165, 1.54) is 6.42 Å². The molecule has 4 nitrogen and oxygen atoms in total. The number of rotatable bonds is 2. The van der Waals surface area contributed by atoms with Crippen molar-refractivity contribution in [2.75, 3.05) is 27.2 Å². The molecule has 1 fully saturated rings. The van der Waals surface area contributed by atoms with Crippen molar-refractivity contribution in [2.24, 2.45) is 5.73 Å². The lowest BCUT2D eigenvalue weighted by atomic mass is 10.00. The minimum Gasteiger partial charge on any atom is -0.340 e. The molecule has 1 rings (SSSR count). The molecule has 0 bridgehead atoms. The Morgan fingerprint density at radius 2 is 2.07 bits per heavy atom. The lowest BCUT2D eigenvalue weighted by Gasteiger charge is -2.38. The van der Waals surface area contributed by atoms with E-state index in [0.29, 0.717) is 6.04 Å². The number of carbonyl (C=O) groups is 1. The Morgan fingerprint density at radius 1 is 1.47 bits per heavy atom. The van der Waals surface area contributed by atoms with E-state index >= 15 is 0 Å². The summed E-state index contributed by atoms with van der Waals surface area (Å²) in [7, 11) is 4.12. The summed E-state index contributed by atoms with van der Waals surface area (Å²) >= 11 is 0. The fourth-order valence-corrected chi connectivity index (χ4v) is 1.97. The Morgan fingerprint density at radius 3 is 2.53 bits per heavy atom. The van der Waals surface area contributed by atoms with Gasteiger partial charge in [0.25, 0.3) is 0 Å². The van der Waals surface area contributed by atoms with Gasteiger partial charge in [-0.15, -0.1) is 0 Å². The summed E-state index contributed by atoms with van der Waals surface area (Å²) < 4.78 is 0. The zero-order valence-electron chi connectivity index (χ0n) is 10.3. The van der Waals surface area contributed by atoms with Crippen molar-refractivity contribution in [1.29, 1.82) is 0 Å². The number of hydrogen-bond acceptors (Lipinski definition) is 3. The lowest BCUT2D eigenvalue weighted by Crippen LogP contribution is -2.56. The Balaban J connectivity index is 2.60. The predicted molar refractivity (Wildman–Crippen MR) is 61.6 cm³/mol. The van der Waals surface area contributed by atoms with Crippen LogP contribution in [0.3, 0.4) is 0 Å². The minimum atomic E-state index is -0.742. The molecule has 1 heterocycles. The van der Waals surface area contributed by atoms with Gasteiger partial charge >= 0.3 is 0 Å². The standard InChI is InChI=1S/C11H23N3O/c1-11(2,12)10(15)14-7-5-6-9(8-14)13(3)4/h9H,5-8,12H2,1-4H3. The molecule has 2 N–H and O–H groups in total. The molecule has 1 aliphatic heterocycles. The van der Waals surface area contributed by atoms with Crippen molar-refractivity contribution in [3.63, 3.8) is 0 Å². The van der Waals surface area contributed by atoms with E-state index in [-0.39, 0.29) is 5.91 Å². The fraction of sp³-hybridized carbons (Fsp3) is 0.909. The summed E-state index contributed by atoms with van der Waals surface area (Å²) in [4.78, 5) is 16.1. The van der Waals surface area contributed by atoms with Gasteiger partial charge in [-0.25, -0.2) is 0 Å². The zero-order valence-corrected chi connectivity index (χ0v) is 10.3. The third kappa shape index (κ3) is 3.18. The first-order valence-corrected chi connectivity index (χ1v) is 5.57. The van der Waals surface area contributed by atoms with Gasteiger partial charge in [0.1, 0.15) is 0 Å². The Bertz CT molecular complexity index is 232. The fourth-order valence-electron chi connectivity index (χ4n) is 1.97. The van der Waals surface area contributed by atoms with E-state index in [1.807, 2.05) is 4.90 Å². The Hall–Kier alpha value is -0.610. The highest BCUT2D eigenvalue weighted by atomic mass is 16.2. The highest BCUT2D eigenvalue weighted by Gasteiger charge is 2.31. The number of amides is 1. The van der Waals surface area contributed by atoms with Crippen molar-refractivity contribution in [1.82, 2.24) is 9.80 Å². The molecule has 0 radical (unpaired) electrons. The molecular weight excluding hydrogens is 190 g/mol. The minimum absolute atomic E-state index is 0.0639. The van der Waals surface area contributed by atoms with Crippen LogP contribution in [0.15, 0.2) is 0 Å². The molecule has 1 aliphatic rings. The number of carbonyl (C=O) groups excluding carboxylic acids is 1. The maximum atomic E-state index is 12.0. The van der Waals surface area contributed by atoms with Crippen molar-refractivity contribution in [3.8, 4) is 0 Å². The van der Waals surface area contributed by atoms with Crippen LogP contribution in [0.5, 0.6) is 0 Å². The first-order valence-electron chi connectivity index (χ1n) is 5.57. The maximum absolute atomic E-state index is 12.0. The molecule has 0 aromatic rings. The second-order valence-electron chi connectivity index (χ2n) is 5.23. The van der Waals surface area contributed by atoms with Crippen LogP contribution in [-0.4, -0.2) is 54.5 Å². The first kappa shape index (κ1) is 12.5. The predicted octanol–water partition coefficient (Wildman–Crippen LogP) is 0.276. The molecule has 88 valence electrons. The van der Waals surface area contributed by atoms with Crippen LogP contribution in [0.1, 0.15) is 26.7 Å². The number of nitrogens with zero attached hydrogens (tertiary/aromatic N) is 2. The van der Waals surface area contributed by atoms with Crippen LogP contribution in [0.4, 0.5) is 0 Å². The average molecular weight is 213 g/mol. The van der Waals surface area contributed by atoms with Crippen LogP contribution in [0.2, 0.25) is 0 Å². The van der Waals surface area contributed by atoms with Crippen LogP contribution >= 0.6 is 0 Å². The number of nitrogens with two attached hydrogens (primary N) is 1. The van der Waals surface area contributed by atoms with E-state index in [2.05, 4.69) is 19.0 Å². The van der Waals surface area contributed by atoms with E-state index in [4.69, 9.17) is 5.73 Å². The van der Waals surface area contributed by atoms with Crippen molar-refractivity contribution in [2.45, 2.75) is 38.3 Å². The highest BCUT2D eigenvalue weighted by Crippen LogP contribution is 2.16. The molecule has 0 aliphatic carbocycles. The summed E-state index contributed by atoms with van der Waals surface area (Å²) in [6.45, 7) is 5.21. The van der Waals surface area contributed by atoms with Gasteiger partial charge in [0, 0.05) is 19.1 Å². The van der Waals surface area contributed by atoms with Gasteiger partial charge in [-0.3, -0.25) is 4.79 Å². The summed E-state index contributed by atoms with van der Waals surface area (Å²) in [5.74, 6) is 0.0639. The van der Waals surface area contributed by atoms with Crippen LogP contribution < -0.4 is 5.73 Å². The number of hydrogen-bond donors (Lipinski definition) is 1. The lowest BCUT2D eigenvalue weighted by molar-refractivity contribution is -0.137. The summed E-state index contributed by atoms with van der Waals surface area (Å²) in [5, 5.41) is 0. The summed E-state index contributed by atoms with van der Waals surface area (Å²) in [6.07, 6.45) is 2.24. The molecule has 4 heteroatoms. The van der Waals surface area contributed by atoms with E-state index in [9.17, 15) is 4.79 Å². The molecule has 1 amide bonds. The van der Waals surface area contributed by atoms with Gasteiger partial charge < -0.3 is 15.5 Å². The molecule has 1 unspecified atom stereocenters. The largest absolute Gasteiger partial charge is 0.340 e. The zero-order chi connectivity index (χ0) is 11.6. The third-order valence-electron chi connectivity index (χ3n) is 2.97. The first-order chi connectivity index (χ1) is 6.82. The quantitative estimate of drug-likeness (QED) is 0.716. The normalized spacial score (nSPS) is 23.3. The van der Waals surface area contributed by atoms with Crippen molar-refractivity contribution >= 4 is 5.91 Å². The molecule has 15 heavy (non-hydrogen) atoms. The topological polar surface area (TPSA) is 49.6 Å². The van der Waals surface area contributed by atoms with Gasteiger partial charge in [0.15, 0.2) is 0 Å². The number of likely N-dealkylation sites (tertiary alicyclic amines) is 1. The number of piperidine rings is 1. The monoisotopic (exact) mass is 213 g/mol. The molecular formula is C11H23N3O. The molecule has 0 spiro atoms. The van der Waals surface area contributed by atoms with Gasteiger partial charge in [-0.2, -0.15) is 0 Å². The molecule has 1 atom stereocenters. The smallest absolute Gasteiger partial charge is 0.242 e. The van der Waals surface area contributed by atoms with Crippen LogP contribution in [0, 0.1) is 0 Å². The van der Waals surface area contributed by atoms with E-state index < -0.39 is 5.54 Å². The van der Waals surface area contributed by atoms with Crippen LogP contribution in [-0.2, 0) is 4.79 Å². The van der Waals surface area contributed by atoms with Crippen molar-refractivity contribution < 1.29 is 4.79 Å². The Kier molecular flexibility index (Phi) is 3.73. The van der Waals surface area contributed by atoms with Gasteiger partial charge in [-0.05, 0) is 40.8 Å². The van der Waals surface area contributed by atoms with Gasteiger partial charge in [0.05, 0.1) is 5.54 Å². The van der Waals surface area contributed by atoms with E-state index in [1.54, 1.807) is 13.8 Å². The number of likely N-dealkylation sites (N-methyl/N-ethyl adjacent to an activating group) is 1. The third-order valence-corrected chi connectivity index (χ3v) is 2.97. The summed E-state index contributed by atoms with van der Waals surface area (Å²) in [6, 6.07) is 0.477. The molecule has 0 aromatic carbocycles. The van der Waals surface area contributed by atoms with Gasteiger partial charge in [0.2, 0.25) is 5.91 Å². The van der Waals surface area contributed by atoms with Gasteiger partial charge in [-0.1, -0.05) is 0 Å². The Labute approximate surface area is 92.4 Å². The molecule has 0 saturated carbocycles. The SMILES string of the molecule is CN(C)C1CCCN(C(=O)C(C)(C)N)C1. The molecule has 0 aromatic heterocycles. The summed E-state index contributed by atoms with van der Waals surface area (Å²) in [5.41, 5.74) is 5.08. The average Bonchev–Trinajstić information content (AvgIpc) is 2.15. The van der Waals surface area contributed by atoms with Crippen LogP contribution in [0.25, 0.3) is 0 Å².